The van der Waals surface area contributed by atoms with Crippen LogP contribution in [-0.4, -0.2) is 22.1 Å². The Balaban J connectivity index is 2.84. The van der Waals surface area contributed by atoms with Gasteiger partial charge in [0.2, 0.25) is 0 Å². The van der Waals surface area contributed by atoms with Gasteiger partial charge in [0.15, 0.2) is 6.10 Å². The molecule has 0 amide bonds. The Bertz CT molecular complexity index is 448. The lowest BCUT2D eigenvalue weighted by atomic mass is 10.2. The van der Waals surface area contributed by atoms with Gasteiger partial charge in [-0.25, -0.2) is 4.79 Å². The van der Waals surface area contributed by atoms with E-state index < -0.39 is 17.0 Å². The number of nitro benzene ring substituents is 1. The number of ether oxygens (including phenoxy) is 1. The van der Waals surface area contributed by atoms with Crippen molar-refractivity contribution in [2.45, 2.75) is 19.6 Å². The molecule has 1 aromatic carbocycles. The number of nitro groups is 1. The topological polar surface area (TPSA) is 89.7 Å². The summed E-state index contributed by atoms with van der Waals surface area (Å²) in [4.78, 5) is 20.7. The second kappa shape index (κ2) is 5.60. The molecule has 0 aliphatic rings. The summed E-state index contributed by atoms with van der Waals surface area (Å²) < 4.78 is 4.97. The minimum Gasteiger partial charge on any atom is -0.479 e. The number of carbonyl (C=O) groups is 1. The molecular weight excluding hydrogens is 250 g/mol. The predicted octanol–water partition coefficient (Wildman–Crippen LogP) is 2.24. The minimum absolute atomic E-state index is 0.152. The van der Waals surface area contributed by atoms with Crippen LogP contribution in [0.4, 0.5) is 5.69 Å². The van der Waals surface area contributed by atoms with E-state index in [1.165, 1.54) is 25.1 Å². The molecule has 1 aromatic rings. The first-order valence-corrected chi connectivity index (χ1v) is 5.07. The number of hydrogen-bond acceptors (Lipinski definition) is 4. The number of aliphatic carboxylic acids is 1. The lowest BCUT2D eigenvalue weighted by molar-refractivity contribution is -0.386. The van der Waals surface area contributed by atoms with Gasteiger partial charge >= 0.3 is 5.97 Å². The number of rotatable bonds is 5. The van der Waals surface area contributed by atoms with Crippen LogP contribution in [0.2, 0.25) is 5.02 Å². The zero-order valence-corrected chi connectivity index (χ0v) is 9.68. The fourth-order valence-corrected chi connectivity index (χ4v) is 1.28. The van der Waals surface area contributed by atoms with E-state index in [1.807, 2.05) is 0 Å². The van der Waals surface area contributed by atoms with Crippen molar-refractivity contribution in [3.63, 3.8) is 0 Å². The molecule has 1 atom stereocenters. The molecule has 0 fully saturated rings. The summed E-state index contributed by atoms with van der Waals surface area (Å²) in [5, 5.41) is 19.6. The van der Waals surface area contributed by atoms with Gasteiger partial charge in [0, 0.05) is 11.1 Å². The first kappa shape index (κ1) is 13.4. The van der Waals surface area contributed by atoms with Crippen molar-refractivity contribution in [2.24, 2.45) is 0 Å². The van der Waals surface area contributed by atoms with E-state index >= 15 is 0 Å². The van der Waals surface area contributed by atoms with Crippen LogP contribution in [0.1, 0.15) is 12.5 Å². The Morgan fingerprint density at radius 2 is 2.29 bits per heavy atom. The molecule has 0 spiro atoms. The minimum atomic E-state index is -1.12. The van der Waals surface area contributed by atoms with E-state index in [4.69, 9.17) is 21.4 Å². The van der Waals surface area contributed by atoms with Gasteiger partial charge in [0.1, 0.15) is 0 Å². The summed E-state index contributed by atoms with van der Waals surface area (Å²) in [5.41, 5.74) is 0.0996. The van der Waals surface area contributed by atoms with E-state index in [2.05, 4.69) is 0 Å². The van der Waals surface area contributed by atoms with Crippen molar-refractivity contribution < 1.29 is 19.6 Å². The van der Waals surface area contributed by atoms with Gasteiger partial charge in [-0.05, 0) is 19.1 Å². The molecule has 0 saturated heterocycles. The molecule has 6 nitrogen and oxygen atoms in total. The molecule has 0 unspecified atom stereocenters. The molecular formula is C10H10ClNO5. The van der Waals surface area contributed by atoms with Crippen molar-refractivity contribution in [3.8, 4) is 0 Å². The molecule has 1 rings (SSSR count). The van der Waals surface area contributed by atoms with Crippen molar-refractivity contribution >= 4 is 23.3 Å². The summed E-state index contributed by atoms with van der Waals surface area (Å²) in [7, 11) is 0. The average molecular weight is 260 g/mol. The van der Waals surface area contributed by atoms with E-state index in [1.54, 1.807) is 0 Å². The molecule has 0 radical (unpaired) electrons. The highest BCUT2D eigenvalue weighted by Gasteiger charge is 2.17. The molecule has 0 aliphatic carbocycles. The molecule has 0 aromatic heterocycles. The highest BCUT2D eigenvalue weighted by Crippen LogP contribution is 2.24. The Hall–Kier alpha value is -1.66. The largest absolute Gasteiger partial charge is 0.479 e. The van der Waals surface area contributed by atoms with Gasteiger partial charge in [0.05, 0.1) is 17.1 Å². The maximum atomic E-state index is 10.7. The Labute approximate surface area is 102 Å². The summed E-state index contributed by atoms with van der Waals surface area (Å²) in [6, 6.07) is 4.12. The van der Waals surface area contributed by atoms with Crippen LogP contribution in [0.3, 0.4) is 0 Å². The van der Waals surface area contributed by atoms with Gasteiger partial charge in [-0.3, -0.25) is 10.1 Å². The summed E-state index contributed by atoms with van der Waals surface area (Å²) in [5.74, 6) is -1.12. The van der Waals surface area contributed by atoms with Gasteiger partial charge in [-0.2, -0.15) is 0 Å². The smallest absolute Gasteiger partial charge is 0.332 e. The molecule has 17 heavy (non-hydrogen) atoms. The number of carboxylic acids is 1. The molecule has 0 aliphatic heterocycles. The third kappa shape index (κ3) is 3.69. The molecule has 0 saturated carbocycles. The summed E-state index contributed by atoms with van der Waals surface area (Å²) in [6.07, 6.45) is -1.02. The maximum absolute atomic E-state index is 10.7. The lowest BCUT2D eigenvalue weighted by Gasteiger charge is -2.08. The number of hydrogen-bond donors (Lipinski definition) is 1. The standard InChI is InChI=1S/C10H10ClNO5/c1-6(10(13)14)17-5-7-2-3-8(11)4-9(7)12(15)16/h2-4,6H,5H2,1H3,(H,13,14)/t6-/m0/s1. The van der Waals surface area contributed by atoms with Crippen LogP contribution in [0.25, 0.3) is 0 Å². The number of carboxylic acid groups (broad SMARTS) is 1. The molecule has 1 N–H and O–H groups in total. The SMILES string of the molecule is C[C@H](OCc1ccc(Cl)cc1[N+](=O)[O-])C(=O)O. The zero-order chi connectivity index (χ0) is 13.0. The van der Waals surface area contributed by atoms with Crippen LogP contribution in [0.5, 0.6) is 0 Å². The van der Waals surface area contributed by atoms with Crippen molar-refractivity contribution in [3.05, 3.63) is 38.9 Å². The maximum Gasteiger partial charge on any atom is 0.332 e. The second-order valence-corrected chi connectivity index (χ2v) is 3.76. The number of nitrogens with zero attached hydrogens (tertiary/aromatic N) is 1. The van der Waals surface area contributed by atoms with Crippen molar-refractivity contribution in [1.82, 2.24) is 0 Å². The fraction of sp³-hybridized carbons (Fsp3) is 0.300. The zero-order valence-electron chi connectivity index (χ0n) is 8.92. The van der Waals surface area contributed by atoms with E-state index in [0.29, 0.717) is 0 Å². The third-order valence-electron chi connectivity index (χ3n) is 2.08. The van der Waals surface area contributed by atoms with Crippen molar-refractivity contribution in [2.75, 3.05) is 0 Å². The van der Waals surface area contributed by atoms with Crippen LogP contribution in [-0.2, 0) is 16.1 Å². The van der Waals surface area contributed by atoms with Crippen molar-refractivity contribution in [1.29, 1.82) is 0 Å². The number of benzene rings is 1. The molecule has 7 heteroatoms. The summed E-state index contributed by atoms with van der Waals surface area (Å²) in [6.45, 7) is 1.20. The van der Waals surface area contributed by atoms with Gasteiger partial charge in [0.25, 0.3) is 5.69 Å². The first-order valence-electron chi connectivity index (χ1n) is 4.69. The molecule has 0 bridgehead atoms. The molecule has 92 valence electrons. The van der Waals surface area contributed by atoms with E-state index in [-0.39, 0.29) is 22.9 Å². The lowest BCUT2D eigenvalue weighted by Crippen LogP contribution is -2.19. The van der Waals surface area contributed by atoms with Gasteiger partial charge < -0.3 is 9.84 Å². The van der Waals surface area contributed by atoms with Crippen LogP contribution < -0.4 is 0 Å². The van der Waals surface area contributed by atoms with Gasteiger partial charge in [-0.1, -0.05) is 11.6 Å². The van der Waals surface area contributed by atoms with Crippen LogP contribution >= 0.6 is 11.6 Å². The number of halogens is 1. The first-order chi connectivity index (χ1) is 7.91. The molecule has 0 heterocycles. The summed E-state index contributed by atoms with van der Waals surface area (Å²) >= 11 is 5.63. The Morgan fingerprint density at radius 1 is 1.65 bits per heavy atom. The fourth-order valence-electron chi connectivity index (χ4n) is 1.12. The van der Waals surface area contributed by atoms with E-state index in [9.17, 15) is 14.9 Å². The Morgan fingerprint density at radius 3 is 2.82 bits per heavy atom. The van der Waals surface area contributed by atoms with E-state index in [0.717, 1.165) is 0 Å². The second-order valence-electron chi connectivity index (χ2n) is 3.32. The highest BCUT2D eigenvalue weighted by molar-refractivity contribution is 6.30. The quantitative estimate of drug-likeness (QED) is 0.647. The third-order valence-corrected chi connectivity index (χ3v) is 2.32. The van der Waals surface area contributed by atoms with Crippen LogP contribution in [0, 0.1) is 10.1 Å². The predicted molar refractivity (Wildman–Crippen MR) is 60.0 cm³/mol. The van der Waals surface area contributed by atoms with Gasteiger partial charge in [-0.15, -0.1) is 0 Å². The highest BCUT2D eigenvalue weighted by atomic mass is 35.5. The van der Waals surface area contributed by atoms with Crippen LogP contribution in [0.15, 0.2) is 18.2 Å². The monoisotopic (exact) mass is 259 g/mol. The average Bonchev–Trinajstić information content (AvgIpc) is 2.26. The normalized spacial score (nSPS) is 12.1. The Kier molecular flexibility index (Phi) is 4.42.